The number of carbonyl (C=O) groups excluding carboxylic acids is 1. The number of aromatic nitrogens is 4. The van der Waals surface area contributed by atoms with E-state index in [1.54, 1.807) is 18.1 Å². The van der Waals surface area contributed by atoms with Gasteiger partial charge >= 0.3 is 6.03 Å². The monoisotopic (exact) mass is 368 g/mol. The highest BCUT2D eigenvalue weighted by atomic mass is 16.2. The van der Waals surface area contributed by atoms with Crippen molar-refractivity contribution in [2.45, 2.75) is 40.3 Å². The molecule has 2 heterocycles. The summed E-state index contributed by atoms with van der Waals surface area (Å²) >= 11 is 0. The van der Waals surface area contributed by atoms with E-state index >= 15 is 0 Å². The number of rotatable bonds is 5. The molecule has 144 valence electrons. The standard InChI is InChI=1S/C20H28N6O/c1-12(2)18(19-21-7-8-25(19)5)24-20(27)26(6)11-17-22-15-9-13(3)14(4)10-16(15)23-17/h7-10,12,18H,11H2,1-6H3,(H,22,23)(H,24,27)/t18-/m0/s1. The first-order chi connectivity index (χ1) is 12.8. The Bertz CT molecular complexity index is 916. The highest BCUT2D eigenvalue weighted by Crippen LogP contribution is 2.21. The number of nitrogens with one attached hydrogen (secondary N) is 2. The van der Waals surface area contributed by atoms with Gasteiger partial charge in [0.05, 0.1) is 23.6 Å². The van der Waals surface area contributed by atoms with E-state index in [1.165, 1.54) is 11.1 Å². The van der Waals surface area contributed by atoms with Gasteiger partial charge in [-0.15, -0.1) is 0 Å². The number of hydrogen-bond donors (Lipinski definition) is 2. The zero-order valence-corrected chi connectivity index (χ0v) is 16.9. The summed E-state index contributed by atoms with van der Waals surface area (Å²) in [6.45, 7) is 8.71. The van der Waals surface area contributed by atoms with Gasteiger partial charge in [-0.25, -0.2) is 14.8 Å². The van der Waals surface area contributed by atoms with Gasteiger partial charge in [-0.1, -0.05) is 13.8 Å². The quantitative estimate of drug-likeness (QED) is 0.724. The van der Waals surface area contributed by atoms with Crippen LogP contribution in [0.3, 0.4) is 0 Å². The Morgan fingerprint density at radius 2 is 2.00 bits per heavy atom. The molecule has 1 aromatic carbocycles. The van der Waals surface area contributed by atoms with Crippen LogP contribution in [0.25, 0.3) is 11.0 Å². The van der Waals surface area contributed by atoms with Gasteiger partial charge in [-0.3, -0.25) is 0 Å². The number of aromatic amines is 1. The van der Waals surface area contributed by atoms with Crippen molar-refractivity contribution >= 4 is 17.1 Å². The van der Waals surface area contributed by atoms with Gasteiger partial charge in [-0.2, -0.15) is 0 Å². The van der Waals surface area contributed by atoms with Crippen LogP contribution in [-0.2, 0) is 13.6 Å². The molecular formula is C20H28N6O. The van der Waals surface area contributed by atoms with E-state index in [0.29, 0.717) is 6.54 Å². The molecule has 7 heteroatoms. The van der Waals surface area contributed by atoms with E-state index < -0.39 is 0 Å². The van der Waals surface area contributed by atoms with Gasteiger partial charge in [0.2, 0.25) is 0 Å². The van der Waals surface area contributed by atoms with Crippen LogP contribution < -0.4 is 5.32 Å². The Kier molecular flexibility index (Phi) is 5.21. The number of carbonyl (C=O) groups is 1. The van der Waals surface area contributed by atoms with Gasteiger partial charge in [-0.05, 0) is 43.0 Å². The fraction of sp³-hybridized carbons (Fsp3) is 0.450. The molecule has 0 spiro atoms. The zero-order chi connectivity index (χ0) is 19.7. The molecule has 0 unspecified atom stereocenters. The average Bonchev–Trinajstić information content (AvgIpc) is 3.18. The maximum atomic E-state index is 12.7. The van der Waals surface area contributed by atoms with Crippen LogP contribution in [0.4, 0.5) is 4.79 Å². The number of hydrogen-bond acceptors (Lipinski definition) is 3. The molecular weight excluding hydrogens is 340 g/mol. The van der Waals surface area contributed by atoms with Gasteiger partial charge in [0, 0.05) is 26.5 Å². The molecule has 0 aliphatic rings. The van der Waals surface area contributed by atoms with Crippen LogP contribution in [0.5, 0.6) is 0 Å². The van der Waals surface area contributed by atoms with E-state index in [1.807, 2.05) is 17.8 Å². The SMILES string of the molecule is Cc1cc2nc(CN(C)C(=O)N[C@H](c3nccn3C)C(C)C)[nH]c2cc1C. The van der Waals surface area contributed by atoms with Crippen molar-refractivity contribution in [2.75, 3.05) is 7.05 Å². The summed E-state index contributed by atoms with van der Waals surface area (Å²) in [5, 5.41) is 3.09. The second kappa shape index (κ2) is 7.42. The van der Waals surface area contributed by atoms with Crippen LogP contribution in [0, 0.1) is 19.8 Å². The van der Waals surface area contributed by atoms with E-state index in [4.69, 9.17) is 0 Å². The summed E-state index contributed by atoms with van der Waals surface area (Å²) in [7, 11) is 3.71. The van der Waals surface area contributed by atoms with E-state index in [9.17, 15) is 4.79 Å². The number of H-pyrrole nitrogens is 1. The van der Waals surface area contributed by atoms with Crippen molar-refractivity contribution in [1.82, 2.24) is 29.7 Å². The van der Waals surface area contributed by atoms with Crippen molar-refractivity contribution in [1.29, 1.82) is 0 Å². The van der Waals surface area contributed by atoms with Crippen molar-refractivity contribution in [3.63, 3.8) is 0 Å². The first kappa shape index (κ1) is 18.9. The second-order valence-corrected chi connectivity index (χ2v) is 7.56. The summed E-state index contributed by atoms with van der Waals surface area (Å²) < 4.78 is 1.94. The molecule has 7 nitrogen and oxygen atoms in total. The fourth-order valence-corrected chi connectivity index (χ4v) is 3.14. The molecule has 2 amide bonds. The first-order valence-corrected chi connectivity index (χ1v) is 9.21. The molecule has 0 saturated heterocycles. The molecule has 0 saturated carbocycles. The number of nitrogens with zero attached hydrogens (tertiary/aromatic N) is 4. The zero-order valence-electron chi connectivity index (χ0n) is 16.9. The minimum absolute atomic E-state index is 0.149. The Morgan fingerprint density at radius 3 is 2.63 bits per heavy atom. The lowest BCUT2D eigenvalue weighted by Crippen LogP contribution is -2.41. The average molecular weight is 368 g/mol. The predicted octanol–water partition coefficient (Wildman–Crippen LogP) is 3.45. The first-order valence-electron chi connectivity index (χ1n) is 9.21. The lowest BCUT2D eigenvalue weighted by atomic mass is 10.0. The third-order valence-electron chi connectivity index (χ3n) is 4.96. The van der Waals surface area contributed by atoms with E-state index in [-0.39, 0.29) is 18.0 Å². The summed E-state index contributed by atoms with van der Waals surface area (Å²) in [6.07, 6.45) is 3.64. The molecule has 0 bridgehead atoms. The Morgan fingerprint density at radius 1 is 1.30 bits per heavy atom. The molecule has 2 N–H and O–H groups in total. The maximum Gasteiger partial charge on any atom is 0.318 e. The molecule has 1 atom stereocenters. The molecule has 3 rings (SSSR count). The van der Waals surface area contributed by atoms with Crippen LogP contribution >= 0.6 is 0 Å². The second-order valence-electron chi connectivity index (χ2n) is 7.56. The summed E-state index contributed by atoms with van der Waals surface area (Å²) in [5.74, 6) is 1.84. The number of benzene rings is 1. The van der Waals surface area contributed by atoms with Crippen LogP contribution in [0.15, 0.2) is 24.5 Å². The van der Waals surface area contributed by atoms with Crippen LogP contribution in [0.2, 0.25) is 0 Å². The Labute approximate surface area is 159 Å². The van der Waals surface area contributed by atoms with Crippen molar-refractivity contribution in [3.8, 4) is 0 Å². The number of urea groups is 1. The lowest BCUT2D eigenvalue weighted by molar-refractivity contribution is 0.196. The normalized spacial score (nSPS) is 12.6. The van der Waals surface area contributed by atoms with Crippen LogP contribution in [0.1, 0.15) is 42.7 Å². The van der Waals surface area contributed by atoms with Crippen LogP contribution in [-0.4, -0.2) is 37.5 Å². The molecule has 2 aromatic heterocycles. The molecule has 0 aliphatic carbocycles. The Balaban J connectivity index is 1.72. The maximum absolute atomic E-state index is 12.7. The molecule has 27 heavy (non-hydrogen) atoms. The van der Waals surface area contributed by atoms with Crippen molar-refractivity contribution < 1.29 is 4.79 Å². The predicted molar refractivity (Wildman–Crippen MR) is 106 cm³/mol. The van der Waals surface area contributed by atoms with E-state index in [2.05, 4.69) is 60.1 Å². The lowest BCUT2D eigenvalue weighted by Gasteiger charge is -2.25. The number of imidazole rings is 2. The van der Waals surface area contributed by atoms with Gasteiger partial charge in [0.25, 0.3) is 0 Å². The third-order valence-corrected chi connectivity index (χ3v) is 4.96. The molecule has 3 aromatic rings. The highest BCUT2D eigenvalue weighted by Gasteiger charge is 2.24. The highest BCUT2D eigenvalue weighted by molar-refractivity contribution is 5.77. The van der Waals surface area contributed by atoms with Gasteiger partial charge in [0.1, 0.15) is 11.6 Å². The molecule has 0 aliphatic heterocycles. The van der Waals surface area contributed by atoms with Crippen molar-refractivity contribution in [2.24, 2.45) is 13.0 Å². The minimum Gasteiger partial charge on any atom is -0.340 e. The van der Waals surface area contributed by atoms with Gasteiger partial charge in [0.15, 0.2) is 0 Å². The summed E-state index contributed by atoms with van der Waals surface area (Å²) in [5.41, 5.74) is 4.35. The number of amides is 2. The van der Waals surface area contributed by atoms with Crippen molar-refractivity contribution in [3.05, 3.63) is 47.3 Å². The summed E-state index contributed by atoms with van der Waals surface area (Å²) in [6, 6.07) is 3.86. The van der Waals surface area contributed by atoms with E-state index in [0.717, 1.165) is 22.7 Å². The third kappa shape index (κ3) is 3.97. The van der Waals surface area contributed by atoms with Gasteiger partial charge < -0.3 is 19.8 Å². The topological polar surface area (TPSA) is 78.8 Å². The fourth-order valence-electron chi connectivity index (χ4n) is 3.14. The largest absolute Gasteiger partial charge is 0.340 e. The smallest absolute Gasteiger partial charge is 0.318 e. The summed E-state index contributed by atoms with van der Waals surface area (Å²) in [4.78, 5) is 26.7. The Hall–Kier alpha value is -2.83. The number of fused-ring (bicyclic) bond motifs is 1. The minimum atomic E-state index is -0.152. The molecule has 0 radical (unpaired) electrons. The number of aryl methyl sites for hydroxylation is 3. The molecule has 0 fully saturated rings.